The summed E-state index contributed by atoms with van der Waals surface area (Å²) in [4.78, 5) is 2.61. The van der Waals surface area contributed by atoms with Gasteiger partial charge in [-0.1, -0.05) is 277 Å². The molecule has 0 saturated heterocycles. The number of hydrogen-bond acceptors (Lipinski definition) is 1. The highest BCUT2D eigenvalue weighted by Gasteiger charge is 2.45. The lowest BCUT2D eigenvalue weighted by atomic mass is 9.33. The van der Waals surface area contributed by atoms with Gasteiger partial charge in [-0.05, 0) is 220 Å². The van der Waals surface area contributed by atoms with E-state index in [0.717, 1.165) is 176 Å². The molecule has 0 amide bonds. The molecule has 0 fully saturated rings. The Kier molecular flexibility index (Phi) is 12.7. The largest absolute Gasteiger partial charge is 0.311 e. The molecule has 2 aliphatic rings. The summed E-state index contributed by atoms with van der Waals surface area (Å²) in [6.07, 6.45) is 0. The van der Waals surface area contributed by atoms with E-state index in [2.05, 4.69) is 373 Å². The van der Waals surface area contributed by atoms with Crippen LogP contribution in [-0.4, -0.2) is 29.4 Å². The first-order chi connectivity index (χ1) is 60.9. The molecule has 0 saturated carbocycles. The Balaban J connectivity index is 0.921. The molecule has 570 valence electrons. The van der Waals surface area contributed by atoms with Crippen molar-refractivity contribution in [2.75, 3.05) is 4.90 Å². The highest BCUT2D eigenvalue weighted by molar-refractivity contribution is 7.00. The van der Waals surface area contributed by atoms with E-state index in [4.69, 9.17) is 2.74 Å². The first kappa shape index (κ1) is 61.7. The van der Waals surface area contributed by atoms with Gasteiger partial charge < -0.3 is 27.6 Å². The van der Waals surface area contributed by atoms with Gasteiger partial charge in [-0.15, -0.1) is 0 Å². The Labute approximate surface area is 703 Å². The number of fused-ring (bicyclic) bond motifs is 27. The second-order valence-electron chi connectivity index (χ2n) is 37.5. The highest BCUT2D eigenvalue weighted by atomic mass is 15.2. The quantitative estimate of drug-likeness (QED) is 0.158. The van der Waals surface area contributed by atoms with Crippen LogP contribution >= 0.6 is 0 Å². The number of para-hydroxylation sites is 4. The van der Waals surface area contributed by atoms with Gasteiger partial charge in [-0.2, -0.15) is 0 Å². The van der Waals surface area contributed by atoms with Crippen molar-refractivity contribution >= 4 is 187 Å². The lowest BCUT2D eigenvalue weighted by molar-refractivity contribution is 0.590. The molecule has 0 bridgehead atoms. The third kappa shape index (κ3) is 9.96. The van der Waals surface area contributed by atoms with Crippen LogP contribution in [0.4, 0.5) is 17.1 Å². The molecule has 0 radical (unpaired) electrons. The zero-order valence-corrected chi connectivity index (χ0v) is 68.7. The van der Waals surface area contributed by atoms with Crippen LogP contribution in [0.15, 0.2) is 321 Å². The highest BCUT2D eigenvalue weighted by Crippen LogP contribution is 2.52. The maximum absolute atomic E-state index is 9.89. The SMILES string of the molecule is [2H]c1c([2H])c([2H])c2c(c1[2H])c1c([2H])c([2H])c([2H])c([2H])c1n2-c1ccc2c(c1)c1cc(-n3c4ccc(C(C)(C)C)cc4c4cc(C(C)(C)C)ccc43)cc3c1n2-c1cc2c(c4c1B3c1ccc(-n3c5ccc(C(C)(C)C)cc5c5cc(C(C)(C)C)ccc53)cc1N4c1ccc(-c3ccccc3)cc1)c1cccc3c4ccccc4c4ccccc4c4ccccc4n2c31. The zero-order valence-electron chi connectivity index (χ0n) is 76.7. The predicted octanol–water partition coefficient (Wildman–Crippen LogP) is 28.1. The van der Waals surface area contributed by atoms with Gasteiger partial charge >= 0.3 is 0 Å². The van der Waals surface area contributed by atoms with Crippen LogP contribution in [0.25, 0.3) is 181 Å². The molecule has 0 aliphatic carbocycles. The Morgan fingerprint density at radius 3 is 1.24 bits per heavy atom. The Hall–Kier alpha value is -13.6. The van der Waals surface area contributed by atoms with E-state index in [-0.39, 0.29) is 67.6 Å². The first-order valence-electron chi connectivity index (χ1n) is 45.8. The van der Waals surface area contributed by atoms with Crippen molar-refractivity contribution in [1.82, 2.24) is 22.7 Å². The van der Waals surface area contributed by atoms with Crippen molar-refractivity contribution in [3.63, 3.8) is 0 Å². The minimum Gasteiger partial charge on any atom is -0.311 e. The Morgan fingerprint density at radius 1 is 0.252 bits per heavy atom. The topological polar surface area (TPSA) is 27.4 Å². The fourth-order valence-electron chi connectivity index (χ4n) is 20.6. The van der Waals surface area contributed by atoms with Crippen LogP contribution < -0.4 is 21.3 Å². The van der Waals surface area contributed by atoms with E-state index in [1.54, 1.807) is 4.57 Å². The fraction of sp³-hybridized carbons (Fsp3) is 0.143. The van der Waals surface area contributed by atoms with E-state index in [1.807, 2.05) is 6.07 Å². The molecular formula is C112H89BN6. The van der Waals surface area contributed by atoms with Crippen molar-refractivity contribution in [3.8, 4) is 33.9 Å². The van der Waals surface area contributed by atoms with Gasteiger partial charge in [0, 0.05) is 104 Å². The third-order valence-electron chi connectivity index (χ3n) is 26.5. The number of rotatable bonds is 5. The maximum atomic E-state index is 9.89. The zero-order chi connectivity index (χ0) is 87.3. The van der Waals surface area contributed by atoms with Crippen LogP contribution in [0.1, 0.15) is 116 Å². The number of anilines is 3. The van der Waals surface area contributed by atoms with Gasteiger partial charge in [0.2, 0.25) is 0 Å². The molecule has 6 aromatic heterocycles. The summed E-state index contributed by atoms with van der Waals surface area (Å²) in [6.45, 7) is 27.0. The lowest BCUT2D eigenvalue weighted by Crippen LogP contribution is -2.60. The molecule has 24 rings (SSSR count). The van der Waals surface area contributed by atoms with Crippen LogP contribution in [0.2, 0.25) is 0 Å². The molecule has 0 N–H and O–H groups in total. The van der Waals surface area contributed by atoms with E-state index < -0.39 is 30.9 Å². The van der Waals surface area contributed by atoms with Crippen molar-refractivity contribution in [1.29, 1.82) is 0 Å². The standard InChI is InChI=1S/C112H89BN6/c1-109(2,3)68-43-52-96-85(57-68)86-58-69(110(4,5)6)44-53-97(86)115(96)74-49-51-91-101(64-74)117(72-47-41-67(42-48-72)66-27-14-13-15-28-66)108-104-84-37-26-36-83-79-32-19-17-30-77(79)76-29-16-18-31-78(76)80-33-20-25-40-95(80)118(106(83)84)102(104)65-103-105(108)113(91)92-63-75(116-98-54-45-70(111(7,8)9)59-87(98)88-60-71(112(10,11)12)46-55-99(88)116)62-90-89-61-73(50-56-100(89)119(103)107(90)92)114-93-38-23-21-34-81(93)82-35-22-24-39-94(82)114/h13-65H,1-12H3/i21D,22D,23D,24D,34D,35D,38D,39D. The summed E-state index contributed by atoms with van der Waals surface area (Å²) in [5.74, 6) is 0. The molecule has 119 heavy (non-hydrogen) atoms. The van der Waals surface area contributed by atoms with Gasteiger partial charge in [0.05, 0.1) is 71.8 Å². The molecule has 0 spiro atoms. The number of hydrogen-bond donors (Lipinski definition) is 0. The molecule has 0 unspecified atom stereocenters. The van der Waals surface area contributed by atoms with Gasteiger partial charge in [0.15, 0.2) is 0 Å². The molecule has 16 aromatic carbocycles. The van der Waals surface area contributed by atoms with Crippen molar-refractivity contribution in [3.05, 3.63) is 344 Å². The molecular weight excluding hydrogens is 1440 g/mol. The predicted molar refractivity (Wildman–Crippen MR) is 511 cm³/mol. The van der Waals surface area contributed by atoms with Crippen LogP contribution in [0.5, 0.6) is 0 Å². The second-order valence-corrected chi connectivity index (χ2v) is 37.5. The molecule has 0 atom stereocenters. The molecule has 8 heterocycles. The maximum Gasteiger partial charge on any atom is 0.252 e. The molecule has 2 aliphatic heterocycles. The minimum atomic E-state index is -0.493. The summed E-state index contributed by atoms with van der Waals surface area (Å²) in [5, 5.41) is 15.3. The molecule has 22 aromatic rings. The van der Waals surface area contributed by atoms with E-state index in [9.17, 15) is 8.22 Å². The average Bonchev–Trinajstić information content (AvgIpc) is 1.45. The van der Waals surface area contributed by atoms with Crippen molar-refractivity contribution in [2.24, 2.45) is 0 Å². The molecule has 6 nitrogen and oxygen atoms in total. The summed E-state index contributed by atoms with van der Waals surface area (Å²) in [6, 6.07) is 99.2. The van der Waals surface area contributed by atoms with Crippen molar-refractivity contribution in [2.45, 2.75) is 105 Å². The first-order valence-corrected chi connectivity index (χ1v) is 41.8. The number of benzene rings is 16. The normalized spacial score (nSPS) is 14.3. The average molecular weight is 1540 g/mol. The fourth-order valence-corrected chi connectivity index (χ4v) is 20.6. The summed E-state index contributed by atoms with van der Waals surface area (Å²) >= 11 is 0. The van der Waals surface area contributed by atoms with Crippen molar-refractivity contribution < 1.29 is 11.0 Å². The summed E-state index contributed by atoms with van der Waals surface area (Å²) in [5.41, 5.74) is 25.6. The van der Waals surface area contributed by atoms with E-state index >= 15 is 0 Å². The van der Waals surface area contributed by atoms with Crippen LogP contribution in [-0.2, 0) is 21.7 Å². The Bertz CT molecular complexity index is 8580. The third-order valence-corrected chi connectivity index (χ3v) is 26.5. The molecule has 7 heteroatoms. The van der Waals surface area contributed by atoms with Crippen LogP contribution in [0, 0.1) is 0 Å². The van der Waals surface area contributed by atoms with E-state index in [0.29, 0.717) is 5.69 Å². The van der Waals surface area contributed by atoms with Crippen LogP contribution in [0.3, 0.4) is 0 Å². The number of nitrogens with zero attached hydrogens (tertiary/aromatic N) is 6. The van der Waals surface area contributed by atoms with Gasteiger partial charge in [-0.25, -0.2) is 0 Å². The number of aromatic nitrogens is 5. The van der Waals surface area contributed by atoms with Gasteiger partial charge in [-0.3, -0.25) is 0 Å². The lowest BCUT2D eigenvalue weighted by Gasteiger charge is -2.41. The minimum absolute atomic E-state index is 0.0198. The smallest absolute Gasteiger partial charge is 0.252 e. The second kappa shape index (κ2) is 24.5. The summed E-state index contributed by atoms with van der Waals surface area (Å²) in [7, 11) is 0. The Morgan fingerprint density at radius 2 is 0.672 bits per heavy atom. The summed E-state index contributed by atoms with van der Waals surface area (Å²) < 4.78 is 87.7. The van der Waals surface area contributed by atoms with Gasteiger partial charge in [0.1, 0.15) is 0 Å². The van der Waals surface area contributed by atoms with E-state index in [1.165, 1.54) is 33.0 Å². The monoisotopic (exact) mass is 1540 g/mol. The van der Waals surface area contributed by atoms with Gasteiger partial charge in [0.25, 0.3) is 6.71 Å².